The zero-order valence-electron chi connectivity index (χ0n) is 20.5. The SMILES string of the molecule is Cc1ccc(F)cc1C(=O)N1CCN(c2nc3nccc(-c4ccc(C(C)(C)C)cc4)n3n2)CC1. The Morgan fingerprint density at radius 1 is 0.971 bits per heavy atom. The van der Waals surface area contributed by atoms with E-state index in [-0.39, 0.29) is 11.3 Å². The quantitative estimate of drug-likeness (QED) is 0.439. The highest BCUT2D eigenvalue weighted by Crippen LogP contribution is 2.27. The lowest BCUT2D eigenvalue weighted by Crippen LogP contribution is -2.49. The molecule has 1 aliphatic rings. The molecule has 0 unspecified atom stereocenters. The molecule has 5 rings (SSSR count). The molecule has 1 saturated heterocycles. The molecule has 1 aliphatic heterocycles. The first-order valence-corrected chi connectivity index (χ1v) is 11.8. The third-order valence-electron chi connectivity index (χ3n) is 6.56. The minimum absolute atomic E-state index is 0.0867. The molecule has 2 aromatic heterocycles. The van der Waals surface area contributed by atoms with Crippen molar-refractivity contribution in [3.8, 4) is 11.3 Å². The summed E-state index contributed by atoms with van der Waals surface area (Å²) >= 11 is 0. The molecule has 2 aromatic carbocycles. The van der Waals surface area contributed by atoms with E-state index < -0.39 is 5.82 Å². The van der Waals surface area contributed by atoms with Crippen LogP contribution in [0.1, 0.15) is 42.3 Å². The van der Waals surface area contributed by atoms with Crippen LogP contribution in [0.25, 0.3) is 17.0 Å². The Balaban J connectivity index is 1.35. The van der Waals surface area contributed by atoms with Crippen LogP contribution in [-0.4, -0.2) is 56.6 Å². The molecule has 4 aromatic rings. The molecule has 35 heavy (non-hydrogen) atoms. The summed E-state index contributed by atoms with van der Waals surface area (Å²) in [5.41, 5.74) is 4.51. The molecule has 0 N–H and O–H groups in total. The number of aryl methyl sites for hydroxylation is 1. The smallest absolute Gasteiger partial charge is 0.254 e. The van der Waals surface area contributed by atoms with Crippen molar-refractivity contribution in [2.24, 2.45) is 0 Å². The van der Waals surface area contributed by atoms with Crippen LogP contribution in [0.3, 0.4) is 0 Å². The van der Waals surface area contributed by atoms with Gasteiger partial charge in [0.2, 0.25) is 5.95 Å². The summed E-state index contributed by atoms with van der Waals surface area (Å²) in [5.74, 6) is 0.576. The van der Waals surface area contributed by atoms with Gasteiger partial charge in [-0.05, 0) is 41.7 Å². The number of hydrogen-bond acceptors (Lipinski definition) is 5. The van der Waals surface area contributed by atoms with E-state index in [9.17, 15) is 9.18 Å². The first kappa shape index (κ1) is 23.0. The van der Waals surface area contributed by atoms with Crippen LogP contribution in [0.4, 0.5) is 10.3 Å². The lowest BCUT2D eigenvalue weighted by atomic mass is 9.86. The van der Waals surface area contributed by atoms with Crippen LogP contribution >= 0.6 is 0 Å². The van der Waals surface area contributed by atoms with Crippen molar-refractivity contribution < 1.29 is 9.18 Å². The normalized spacial score (nSPS) is 14.5. The van der Waals surface area contributed by atoms with Crippen LogP contribution in [0.5, 0.6) is 0 Å². The largest absolute Gasteiger partial charge is 0.336 e. The lowest BCUT2D eigenvalue weighted by molar-refractivity contribution is 0.0745. The van der Waals surface area contributed by atoms with E-state index in [2.05, 4.69) is 59.9 Å². The molecule has 8 heteroatoms. The van der Waals surface area contributed by atoms with Crippen molar-refractivity contribution in [1.82, 2.24) is 24.5 Å². The fourth-order valence-electron chi connectivity index (χ4n) is 4.38. The molecule has 0 saturated carbocycles. The summed E-state index contributed by atoms with van der Waals surface area (Å²) in [6, 6.07) is 14.8. The van der Waals surface area contributed by atoms with Crippen molar-refractivity contribution in [3.05, 3.63) is 77.2 Å². The topological polar surface area (TPSA) is 66.6 Å². The Kier molecular flexibility index (Phi) is 5.75. The zero-order valence-corrected chi connectivity index (χ0v) is 20.5. The maximum Gasteiger partial charge on any atom is 0.254 e. The van der Waals surface area contributed by atoms with E-state index >= 15 is 0 Å². The second-order valence-corrected chi connectivity index (χ2v) is 10.0. The molecule has 7 nitrogen and oxygen atoms in total. The van der Waals surface area contributed by atoms with Gasteiger partial charge < -0.3 is 9.80 Å². The lowest BCUT2D eigenvalue weighted by Gasteiger charge is -2.34. The molecular formula is C27H29FN6O. The van der Waals surface area contributed by atoms with Crippen LogP contribution in [0.15, 0.2) is 54.7 Å². The molecule has 0 atom stereocenters. The third-order valence-corrected chi connectivity index (χ3v) is 6.56. The predicted molar refractivity (Wildman–Crippen MR) is 134 cm³/mol. The number of anilines is 1. The third kappa shape index (κ3) is 4.48. The van der Waals surface area contributed by atoms with Crippen LogP contribution in [0, 0.1) is 12.7 Å². The summed E-state index contributed by atoms with van der Waals surface area (Å²) in [6.07, 6.45) is 1.75. The number of aromatic nitrogens is 4. The Morgan fingerprint density at radius 2 is 1.69 bits per heavy atom. The first-order valence-electron chi connectivity index (χ1n) is 11.8. The molecular weight excluding hydrogens is 443 g/mol. The zero-order chi connectivity index (χ0) is 24.7. The Morgan fingerprint density at radius 3 is 2.37 bits per heavy atom. The highest BCUT2D eigenvalue weighted by molar-refractivity contribution is 5.95. The second kappa shape index (κ2) is 8.76. The summed E-state index contributed by atoms with van der Waals surface area (Å²) in [7, 11) is 0. The van der Waals surface area contributed by atoms with E-state index in [1.807, 2.05) is 13.0 Å². The number of benzene rings is 2. The maximum absolute atomic E-state index is 13.7. The number of rotatable bonds is 3. The number of carbonyl (C=O) groups is 1. The highest BCUT2D eigenvalue weighted by Gasteiger charge is 2.26. The standard InChI is InChI=1S/C27H29FN6O/c1-18-5-10-21(28)17-22(18)24(35)32-13-15-33(16-14-32)26-30-25-29-12-11-23(34(25)31-26)19-6-8-20(9-7-19)27(2,3)4/h5-12,17H,13-16H2,1-4H3. The fraction of sp³-hybridized carbons (Fsp3) is 0.333. The van der Waals surface area contributed by atoms with Crippen molar-refractivity contribution >= 4 is 17.6 Å². The number of carbonyl (C=O) groups excluding carboxylic acids is 1. The molecule has 0 bridgehead atoms. The van der Waals surface area contributed by atoms with Crippen LogP contribution in [0.2, 0.25) is 0 Å². The number of halogens is 1. The number of fused-ring (bicyclic) bond motifs is 1. The summed E-state index contributed by atoms with van der Waals surface area (Å²) in [4.78, 5) is 25.8. The minimum atomic E-state index is -0.400. The number of hydrogen-bond donors (Lipinski definition) is 0. The highest BCUT2D eigenvalue weighted by atomic mass is 19.1. The van der Waals surface area contributed by atoms with Crippen LogP contribution in [-0.2, 0) is 5.41 Å². The van der Waals surface area contributed by atoms with Gasteiger partial charge in [0.05, 0.1) is 5.69 Å². The van der Waals surface area contributed by atoms with Gasteiger partial charge in [-0.15, -0.1) is 5.10 Å². The first-order chi connectivity index (χ1) is 16.7. The fourth-order valence-corrected chi connectivity index (χ4v) is 4.38. The molecule has 3 heterocycles. The van der Waals surface area contributed by atoms with Gasteiger partial charge in [-0.25, -0.2) is 9.37 Å². The monoisotopic (exact) mass is 472 g/mol. The molecule has 0 radical (unpaired) electrons. The Bertz CT molecular complexity index is 1380. The molecule has 180 valence electrons. The molecule has 1 fully saturated rings. The van der Waals surface area contributed by atoms with Gasteiger partial charge in [-0.3, -0.25) is 4.79 Å². The van der Waals surface area contributed by atoms with Gasteiger partial charge in [0.25, 0.3) is 11.7 Å². The van der Waals surface area contributed by atoms with Gasteiger partial charge in [-0.1, -0.05) is 51.1 Å². The summed E-state index contributed by atoms with van der Waals surface area (Å²) in [5, 5.41) is 4.75. The Labute approximate surface area is 204 Å². The maximum atomic E-state index is 13.7. The number of amides is 1. The van der Waals surface area contributed by atoms with Gasteiger partial charge >= 0.3 is 0 Å². The van der Waals surface area contributed by atoms with Crippen LogP contribution < -0.4 is 4.90 Å². The number of piperazine rings is 1. The molecule has 1 amide bonds. The van der Waals surface area contributed by atoms with Gasteiger partial charge in [0.1, 0.15) is 5.82 Å². The Hall–Kier alpha value is -3.81. The van der Waals surface area contributed by atoms with E-state index in [1.165, 1.54) is 17.7 Å². The second-order valence-electron chi connectivity index (χ2n) is 10.0. The van der Waals surface area contributed by atoms with Crippen molar-refractivity contribution in [2.45, 2.75) is 33.1 Å². The number of nitrogens with zero attached hydrogens (tertiary/aromatic N) is 6. The van der Waals surface area contributed by atoms with E-state index in [0.717, 1.165) is 16.8 Å². The minimum Gasteiger partial charge on any atom is -0.336 e. The van der Waals surface area contributed by atoms with Gasteiger partial charge in [0, 0.05) is 43.5 Å². The van der Waals surface area contributed by atoms with Crippen molar-refractivity contribution in [2.75, 3.05) is 31.1 Å². The van der Waals surface area contributed by atoms with E-state index in [4.69, 9.17) is 5.10 Å². The van der Waals surface area contributed by atoms with Gasteiger partial charge in [0.15, 0.2) is 0 Å². The van der Waals surface area contributed by atoms with E-state index in [1.54, 1.807) is 21.7 Å². The molecule has 0 aliphatic carbocycles. The average molecular weight is 473 g/mol. The summed E-state index contributed by atoms with van der Waals surface area (Å²) in [6.45, 7) is 10.6. The van der Waals surface area contributed by atoms with Crippen molar-refractivity contribution in [3.63, 3.8) is 0 Å². The van der Waals surface area contributed by atoms with Crippen molar-refractivity contribution in [1.29, 1.82) is 0 Å². The summed E-state index contributed by atoms with van der Waals surface area (Å²) < 4.78 is 15.5. The average Bonchev–Trinajstić information content (AvgIpc) is 3.29. The van der Waals surface area contributed by atoms with Gasteiger partial charge in [-0.2, -0.15) is 9.50 Å². The molecule has 0 spiro atoms. The predicted octanol–water partition coefficient (Wildman–Crippen LogP) is 4.50. The van der Waals surface area contributed by atoms with E-state index in [0.29, 0.717) is 43.5 Å².